The van der Waals surface area contributed by atoms with Crippen LogP contribution in [0, 0.1) is 0 Å². The number of fused-ring (bicyclic) bond motifs is 1. The molecule has 0 aliphatic carbocycles. The molecular formula is C18H18N6O. The van der Waals surface area contributed by atoms with E-state index in [4.69, 9.17) is 0 Å². The van der Waals surface area contributed by atoms with Crippen LogP contribution in [0.2, 0.25) is 0 Å². The van der Waals surface area contributed by atoms with Crippen molar-refractivity contribution in [1.29, 1.82) is 0 Å². The monoisotopic (exact) mass is 334 g/mol. The van der Waals surface area contributed by atoms with E-state index >= 15 is 0 Å². The highest BCUT2D eigenvalue weighted by molar-refractivity contribution is 5.95. The van der Waals surface area contributed by atoms with Crippen LogP contribution in [0.1, 0.15) is 33.2 Å². The van der Waals surface area contributed by atoms with Crippen LogP contribution in [0.5, 0.6) is 0 Å². The zero-order valence-corrected chi connectivity index (χ0v) is 13.8. The molecule has 7 nitrogen and oxygen atoms in total. The molecule has 1 atom stereocenters. The predicted octanol–water partition coefficient (Wildman–Crippen LogP) is 1.71. The first-order valence-electron chi connectivity index (χ1n) is 8.10. The topological polar surface area (TPSA) is 86.8 Å². The summed E-state index contributed by atoms with van der Waals surface area (Å²) in [4.78, 5) is 22.9. The number of likely N-dealkylation sites (N-methyl/N-ethyl adjacent to an activating group) is 1. The van der Waals surface area contributed by atoms with Crippen molar-refractivity contribution in [1.82, 2.24) is 25.5 Å². The van der Waals surface area contributed by atoms with Gasteiger partial charge in [0, 0.05) is 43.8 Å². The molecule has 0 radical (unpaired) electrons. The van der Waals surface area contributed by atoms with E-state index in [9.17, 15) is 4.79 Å². The highest BCUT2D eigenvalue weighted by Crippen LogP contribution is 2.38. The fourth-order valence-corrected chi connectivity index (χ4v) is 3.19. The van der Waals surface area contributed by atoms with Gasteiger partial charge in [-0.3, -0.25) is 14.9 Å². The quantitative estimate of drug-likeness (QED) is 0.758. The zero-order chi connectivity index (χ0) is 17.2. The van der Waals surface area contributed by atoms with Crippen molar-refractivity contribution >= 4 is 11.6 Å². The number of anilines is 1. The van der Waals surface area contributed by atoms with Crippen LogP contribution in [-0.4, -0.2) is 39.7 Å². The third-order valence-corrected chi connectivity index (χ3v) is 4.50. The molecule has 1 aliphatic rings. The number of carbonyl (C=O) groups is 1. The van der Waals surface area contributed by atoms with Crippen LogP contribution in [0.25, 0.3) is 0 Å². The molecule has 2 aromatic heterocycles. The fraction of sp³-hybridized carbons (Fsp3) is 0.222. The van der Waals surface area contributed by atoms with Gasteiger partial charge in [0.2, 0.25) is 0 Å². The van der Waals surface area contributed by atoms with Gasteiger partial charge in [0.1, 0.15) is 12.2 Å². The van der Waals surface area contributed by atoms with E-state index < -0.39 is 0 Å². The van der Waals surface area contributed by atoms with Crippen molar-refractivity contribution in [3.8, 4) is 0 Å². The van der Waals surface area contributed by atoms with E-state index in [-0.39, 0.29) is 11.8 Å². The molecule has 2 N–H and O–H groups in total. The lowest BCUT2D eigenvalue weighted by molar-refractivity contribution is 0.0951. The van der Waals surface area contributed by atoms with Gasteiger partial charge >= 0.3 is 0 Å². The van der Waals surface area contributed by atoms with E-state index in [1.54, 1.807) is 12.4 Å². The Labute approximate surface area is 145 Å². The summed E-state index contributed by atoms with van der Waals surface area (Å²) in [7, 11) is 2.04. The van der Waals surface area contributed by atoms with Crippen LogP contribution in [-0.2, 0) is 6.54 Å². The Hall–Kier alpha value is -3.22. The number of aromatic amines is 1. The molecule has 7 heteroatoms. The van der Waals surface area contributed by atoms with Crippen LogP contribution >= 0.6 is 0 Å². The van der Waals surface area contributed by atoms with Crippen LogP contribution in [0.15, 0.2) is 49.1 Å². The smallest absolute Gasteiger partial charge is 0.251 e. The Kier molecular flexibility index (Phi) is 3.89. The molecule has 3 heterocycles. The number of pyridine rings is 1. The lowest BCUT2D eigenvalue weighted by atomic mass is 9.98. The van der Waals surface area contributed by atoms with Crippen LogP contribution in [0.4, 0.5) is 5.69 Å². The van der Waals surface area contributed by atoms with Crippen molar-refractivity contribution in [3.63, 3.8) is 0 Å². The molecular weight excluding hydrogens is 316 g/mol. The molecule has 126 valence electrons. The average molecular weight is 334 g/mol. The summed E-state index contributed by atoms with van der Waals surface area (Å²) >= 11 is 0. The highest BCUT2D eigenvalue weighted by atomic mass is 16.1. The summed E-state index contributed by atoms with van der Waals surface area (Å²) in [6, 6.07) is 9.58. The van der Waals surface area contributed by atoms with Gasteiger partial charge < -0.3 is 10.2 Å². The van der Waals surface area contributed by atoms with Crippen molar-refractivity contribution in [2.75, 3.05) is 18.5 Å². The molecule has 0 saturated carbocycles. The summed E-state index contributed by atoms with van der Waals surface area (Å²) in [6.07, 6.45) is 4.95. The van der Waals surface area contributed by atoms with Crippen LogP contribution in [0.3, 0.4) is 0 Å². The van der Waals surface area contributed by atoms with E-state index in [0.717, 1.165) is 29.2 Å². The third-order valence-electron chi connectivity index (χ3n) is 4.50. The molecule has 0 fully saturated rings. The predicted molar refractivity (Wildman–Crippen MR) is 93.3 cm³/mol. The first-order chi connectivity index (χ1) is 12.2. The standard InChI is InChI=1S/C18H18N6O/c1-24-10-15(17-21-11-22-23-17)14-8-13(2-3-16(14)24)18(25)20-9-12-4-6-19-7-5-12/h2-8,11,15H,9-10H2,1H3,(H,20,25)(H,21,22,23)/t15-/m1/s1. The Morgan fingerprint density at radius 3 is 2.92 bits per heavy atom. The second kappa shape index (κ2) is 6.35. The van der Waals surface area contributed by atoms with Crippen molar-refractivity contribution in [2.45, 2.75) is 12.5 Å². The lowest BCUT2D eigenvalue weighted by Gasteiger charge is -2.12. The van der Waals surface area contributed by atoms with Crippen molar-refractivity contribution in [3.05, 3.63) is 71.6 Å². The van der Waals surface area contributed by atoms with Gasteiger partial charge in [-0.15, -0.1) is 0 Å². The third kappa shape index (κ3) is 2.96. The zero-order valence-electron chi connectivity index (χ0n) is 13.8. The molecule has 1 aromatic carbocycles. The maximum absolute atomic E-state index is 12.5. The molecule has 1 aliphatic heterocycles. The summed E-state index contributed by atoms with van der Waals surface area (Å²) in [5.74, 6) is 0.820. The van der Waals surface area contributed by atoms with E-state index in [0.29, 0.717) is 12.1 Å². The number of rotatable bonds is 4. The van der Waals surface area contributed by atoms with Gasteiger partial charge in [-0.05, 0) is 41.5 Å². The number of hydrogen-bond acceptors (Lipinski definition) is 5. The second-order valence-electron chi connectivity index (χ2n) is 6.12. The molecule has 0 saturated heterocycles. The SMILES string of the molecule is CN1C[C@@H](c2ncn[nH]2)c2cc(C(=O)NCc3ccncc3)ccc21. The lowest BCUT2D eigenvalue weighted by Crippen LogP contribution is -2.23. The summed E-state index contributed by atoms with van der Waals surface area (Å²) in [6.45, 7) is 1.29. The Bertz CT molecular complexity index is 878. The average Bonchev–Trinajstić information content (AvgIpc) is 3.28. The first-order valence-corrected chi connectivity index (χ1v) is 8.10. The number of nitrogens with zero attached hydrogens (tertiary/aromatic N) is 4. The minimum Gasteiger partial charge on any atom is -0.373 e. The van der Waals surface area contributed by atoms with Gasteiger partial charge in [0.15, 0.2) is 0 Å². The molecule has 0 spiro atoms. The Morgan fingerprint density at radius 2 is 2.16 bits per heavy atom. The number of aromatic nitrogens is 4. The first kappa shape index (κ1) is 15.3. The fourth-order valence-electron chi connectivity index (χ4n) is 3.19. The number of H-pyrrole nitrogens is 1. The van der Waals surface area contributed by atoms with Gasteiger partial charge in [0.25, 0.3) is 5.91 Å². The highest BCUT2D eigenvalue weighted by Gasteiger charge is 2.30. The van der Waals surface area contributed by atoms with E-state index in [2.05, 4.69) is 30.4 Å². The van der Waals surface area contributed by atoms with Crippen molar-refractivity contribution < 1.29 is 4.79 Å². The molecule has 25 heavy (non-hydrogen) atoms. The van der Waals surface area contributed by atoms with Gasteiger partial charge in [-0.2, -0.15) is 5.10 Å². The Morgan fingerprint density at radius 1 is 1.32 bits per heavy atom. The minimum atomic E-state index is -0.0921. The molecule has 0 bridgehead atoms. The number of benzene rings is 1. The van der Waals surface area contributed by atoms with Gasteiger partial charge in [0.05, 0.1) is 5.92 Å². The summed E-state index contributed by atoms with van der Waals surface area (Å²) in [5.41, 5.74) is 3.87. The van der Waals surface area contributed by atoms with E-state index in [1.807, 2.05) is 37.4 Å². The second-order valence-corrected chi connectivity index (χ2v) is 6.12. The molecule has 4 rings (SSSR count). The summed E-state index contributed by atoms with van der Waals surface area (Å²) in [5, 5.41) is 9.84. The maximum atomic E-state index is 12.5. The van der Waals surface area contributed by atoms with E-state index in [1.165, 1.54) is 6.33 Å². The number of nitrogens with one attached hydrogen (secondary N) is 2. The summed E-state index contributed by atoms with van der Waals surface area (Å²) < 4.78 is 0. The molecule has 1 amide bonds. The maximum Gasteiger partial charge on any atom is 0.251 e. The number of amides is 1. The molecule has 0 unspecified atom stereocenters. The number of carbonyl (C=O) groups excluding carboxylic acids is 1. The largest absolute Gasteiger partial charge is 0.373 e. The normalized spacial score (nSPS) is 15.9. The minimum absolute atomic E-state index is 0.0921. The Balaban J connectivity index is 1.56. The van der Waals surface area contributed by atoms with Crippen molar-refractivity contribution in [2.24, 2.45) is 0 Å². The van der Waals surface area contributed by atoms with Gasteiger partial charge in [-0.1, -0.05) is 0 Å². The van der Waals surface area contributed by atoms with Gasteiger partial charge in [-0.25, -0.2) is 4.98 Å². The molecule has 3 aromatic rings. The van der Waals surface area contributed by atoms with Crippen LogP contribution < -0.4 is 10.2 Å². The number of hydrogen-bond donors (Lipinski definition) is 2.